The molecule has 0 bridgehead atoms. The van der Waals surface area contributed by atoms with E-state index in [1.165, 1.54) is 12.3 Å². The van der Waals surface area contributed by atoms with Crippen molar-refractivity contribution in [1.29, 1.82) is 0 Å². The molecule has 120 valence electrons. The summed E-state index contributed by atoms with van der Waals surface area (Å²) in [6.07, 6.45) is 6.68. The zero-order valence-corrected chi connectivity index (χ0v) is 12.7. The second-order valence-electron chi connectivity index (χ2n) is 5.19. The Kier molecular flexibility index (Phi) is 4.33. The van der Waals surface area contributed by atoms with Gasteiger partial charge in [-0.1, -0.05) is 12.1 Å². The van der Waals surface area contributed by atoms with E-state index in [-0.39, 0.29) is 11.6 Å². The zero-order chi connectivity index (χ0) is 16.9. The van der Waals surface area contributed by atoms with Crippen LogP contribution in [0.2, 0.25) is 0 Å². The molecule has 2 aromatic heterocycles. The minimum atomic E-state index is -0.611. The first kappa shape index (κ1) is 15.4. The smallest absolute Gasteiger partial charge is 0.267 e. The maximum atomic E-state index is 12.3. The van der Waals surface area contributed by atoms with Crippen molar-refractivity contribution in [3.8, 4) is 0 Å². The van der Waals surface area contributed by atoms with Crippen molar-refractivity contribution in [3.05, 3.63) is 78.1 Å². The molecule has 24 heavy (non-hydrogen) atoms. The van der Waals surface area contributed by atoms with Crippen molar-refractivity contribution in [3.63, 3.8) is 0 Å². The van der Waals surface area contributed by atoms with E-state index in [9.17, 15) is 9.59 Å². The number of nitrogens with zero attached hydrogens (tertiary/aromatic N) is 3. The fourth-order valence-corrected chi connectivity index (χ4v) is 2.22. The van der Waals surface area contributed by atoms with Gasteiger partial charge in [-0.2, -0.15) is 0 Å². The predicted molar refractivity (Wildman–Crippen MR) is 88.5 cm³/mol. The summed E-state index contributed by atoms with van der Waals surface area (Å²) in [5.74, 6) is -0.865. The van der Waals surface area contributed by atoms with Gasteiger partial charge >= 0.3 is 0 Å². The lowest BCUT2D eigenvalue weighted by Crippen LogP contribution is -2.15. The minimum absolute atomic E-state index is 0.148. The summed E-state index contributed by atoms with van der Waals surface area (Å²) in [6, 6.07) is 10.4. The quantitative estimate of drug-likeness (QED) is 0.746. The molecule has 7 nitrogen and oxygen atoms in total. The molecule has 0 saturated carbocycles. The fraction of sp³-hybridized carbons (Fsp3) is 0.0588. The number of nitrogens with two attached hydrogens (primary N) is 1. The second-order valence-corrected chi connectivity index (χ2v) is 5.19. The molecule has 0 saturated heterocycles. The topological polar surface area (TPSA) is 103 Å². The Hall–Kier alpha value is -3.48. The van der Waals surface area contributed by atoms with Gasteiger partial charge in [0, 0.05) is 24.5 Å². The maximum Gasteiger partial charge on any atom is 0.267 e. The molecule has 0 aliphatic heterocycles. The molecule has 3 N–H and O–H groups in total. The number of amides is 2. The van der Waals surface area contributed by atoms with E-state index in [1.807, 2.05) is 29.0 Å². The van der Waals surface area contributed by atoms with Crippen LogP contribution in [0.3, 0.4) is 0 Å². The molecule has 0 spiro atoms. The molecule has 0 fully saturated rings. The Morgan fingerprint density at radius 1 is 1.21 bits per heavy atom. The summed E-state index contributed by atoms with van der Waals surface area (Å²) in [4.78, 5) is 31.2. The molecule has 2 amide bonds. The summed E-state index contributed by atoms with van der Waals surface area (Å²) >= 11 is 0. The average molecular weight is 321 g/mol. The van der Waals surface area contributed by atoms with Gasteiger partial charge in [-0.05, 0) is 29.8 Å². The summed E-state index contributed by atoms with van der Waals surface area (Å²) in [5, 5.41) is 2.74. The number of rotatable bonds is 5. The molecule has 0 unspecified atom stereocenters. The molecule has 0 atom stereocenters. The van der Waals surface area contributed by atoms with Gasteiger partial charge in [-0.25, -0.2) is 9.97 Å². The first-order valence-corrected chi connectivity index (χ1v) is 7.24. The van der Waals surface area contributed by atoms with E-state index in [0.717, 1.165) is 5.56 Å². The predicted octanol–water partition coefficient (Wildman–Crippen LogP) is 1.68. The Morgan fingerprint density at radius 2 is 2.08 bits per heavy atom. The number of nitrogens with one attached hydrogen (secondary N) is 1. The number of carbonyl (C=O) groups excluding carboxylic acids is 2. The van der Waals surface area contributed by atoms with Crippen LogP contribution in [-0.2, 0) is 6.54 Å². The van der Waals surface area contributed by atoms with Gasteiger partial charge in [0.15, 0.2) is 0 Å². The number of hydrogen-bond donors (Lipinski definition) is 2. The van der Waals surface area contributed by atoms with Crippen LogP contribution >= 0.6 is 0 Å². The van der Waals surface area contributed by atoms with Crippen LogP contribution in [0.4, 0.5) is 5.69 Å². The SMILES string of the molecule is NC(=O)c1ccc(NC(=O)c2cccc(Cn3ccnc3)c2)cn1. The van der Waals surface area contributed by atoms with Crippen LogP contribution in [0.1, 0.15) is 26.4 Å². The highest BCUT2D eigenvalue weighted by molar-refractivity contribution is 6.04. The highest BCUT2D eigenvalue weighted by Gasteiger charge is 2.08. The summed E-state index contributed by atoms with van der Waals surface area (Å²) in [6.45, 7) is 0.635. The largest absolute Gasteiger partial charge is 0.364 e. The molecule has 0 aliphatic rings. The number of benzene rings is 1. The van der Waals surface area contributed by atoms with Crippen LogP contribution < -0.4 is 11.1 Å². The second kappa shape index (κ2) is 6.74. The van der Waals surface area contributed by atoms with E-state index in [1.54, 1.807) is 24.7 Å². The third kappa shape index (κ3) is 3.64. The van der Waals surface area contributed by atoms with Gasteiger partial charge in [0.2, 0.25) is 0 Å². The molecule has 0 aliphatic carbocycles. The van der Waals surface area contributed by atoms with Crippen molar-refractivity contribution >= 4 is 17.5 Å². The molecule has 1 aromatic carbocycles. The van der Waals surface area contributed by atoms with Gasteiger partial charge in [-0.15, -0.1) is 0 Å². The number of hydrogen-bond acceptors (Lipinski definition) is 4. The number of primary amides is 1. The number of pyridine rings is 1. The molecule has 3 rings (SSSR count). The van der Waals surface area contributed by atoms with E-state index >= 15 is 0 Å². The number of carbonyl (C=O) groups is 2. The Balaban J connectivity index is 1.71. The van der Waals surface area contributed by atoms with Gasteiger partial charge < -0.3 is 15.6 Å². The van der Waals surface area contributed by atoms with Crippen molar-refractivity contribution in [1.82, 2.24) is 14.5 Å². The monoisotopic (exact) mass is 321 g/mol. The molecular formula is C17H15N5O2. The van der Waals surface area contributed by atoms with Crippen LogP contribution in [0, 0.1) is 0 Å². The van der Waals surface area contributed by atoms with E-state index in [2.05, 4.69) is 15.3 Å². The molecular weight excluding hydrogens is 306 g/mol. The normalized spacial score (nSPS) is 10.3. The van der Waals surface area contributed by atoms with Crippen LogP contribution in [0.5, 0.6) is 0 Å². The lowest BCUT2D eigenvalue weighted by atomic mass is 10.1. The Morgan fingerprint density at radius 3 is 2.75 bits per heavy atom. The lowest BCUT2D eigenvalue weighted by Gasteiger charge is -2.08. The van der Waals surface area contributed by atoms with Crippen molar-refractivity contribution in [2.45, 2.75) is 6.54 Å². The average Bonchev–Trinajstić information content (AvgIpc) is 3.08. The standard InChI is InChI=1S/C17H15N5O2/c18-16(23)15-5-4-14(9-20-15)21-17(24)13-3-1-2-12(8-13)10-22-7-6-19-11-22/h1-9,11H,10H2,(H2,18,23)(H,21,24). The molecule has 2 heterocycles. The highest BCUT2D eigenvalue weighted by Crippen LogP contribution is 2.11. The number of aromatic nitrogens is 3. The number of anilines is 1. The summed E-state index contributed by atoms with van der Waals surface area (Å²) in [5.41, 5.74) is 7.29. The zero-order valence-electron chi connectivity index (χ0n) is 12.7. The first-order valence-electron chi connectivity index (χ1n) is 7.24. The minimum Gasteiger partial charge on any atom is -0.364 e. The number of imidazole rings is 1. The van der Waals surface area contributed by atoms with Crippen molar-refractivity contribution < 1.29 is 9.59 Å². The Bertz CT molecular complexity index is 857. The van der Waals surface area contributed by atoms with Gasteiger partial charge in [0.25, 0.3) is 11.8 Å². The maximum absolute atomic E-state index is 12.3. The van der Waals surface area contributed by atoms with Crippen LogP contribution in [0.25, 0.3) is 0 Å². The molecule has 0 radical (unpaired) electrons. The van der Waals surface area contributed by atoms with Crippen molar-refractivity contribution in [2.75, 3.05) is 5.32 Å². The van der Waals surface area contributed by atoms with Gasteiger partial charge in [-0.3, -0.25) is 9.59 Å². The molecule has 7 heteroatoms. The third-order valence-electron chi connectivity index (χ3n) is 3.39. The summed E-state index contributed by atoms with van der Waals surface area (Å²) in [7, 11) is 0. The lowest BCUT2D eigenvalue weighted by molar-refractivity contribution is 0.0994. The van der Waals surface area contributed by atoms with Gasteiger partial charge in [0.1, 0.15) is 5.69 Å². The highest BCUT2D eigenvalue weighted by atomic mass is 16.2. The van der Waals surface area contributed by atoms with Crippen LogP contribution in [-0.4, -0.2) is 26.3 Å². The van der Waals surface area contributed by atoms with Crippen LogP contribution in [0.15, 0.2) is 61.3 Å². The Labute approximate surface area is 138 Å². The van der Waals surface area contributed by atoms with E-state index in [4.69, 9.17) is 5.73 Å². The third-order valence-corrected chi connectivity index (χ3v) is 3.39. The fourth-order valence-electron chi connectivity index (χ4n) is 2.22. The molecule has 3 aromatic rings. The van der Waals surface area contributed by atoms with E-state index < -0.39 is 5.91 Å². The first-order chi connectivity index (χ1) is 11.6. The van der Waals surface area contributed by atoms with E-state index in [0.29, 0.717) is 17.8 Å². The summed E-state index contributed by atoms with van der Waals surface area (Å²) < 4.78 is 1.92. The van der Waals surface area contributed by atoms with Gasteiger partial charge in [0.05, 0.1) is 18.2 Å². The van der Waals surface area contributed by atoms with Crippen molar-refractivity contribution in [2.24, 2.45) is 5.73 Å².